The summed E-state index contributed by atoms with van der Waals surface area (Å²) in [5.74, 6) is 1.01. The second kappa shape index (κ2) is 5.50. The van der Waals surface area contributed by atoms with E-state index >= 15 is 0 Å². The standard InChI is InChI=1S/C15H10BrClN2O2/c1-21-13-10(16)6-8(7-11(13)17)14-18-12-5-3-2-4-9(12)15(20)19-14/h2-7H,1H3,(H,18,19,20). The van der Waals surface area contributed by atoms with Crippen LogP contribution in [0.2, 0.25) is 5.02 Å². The van der Waals surface area contributed by atoms with Gasteiger partial charge in [-0.25, -0.2) is 4.98 Å². The molecule has 3 aromatic rings. The zero-order valence-corrected chi connectivity index (χ0v) is 13.3. The summed E-state index contributed by atoms with van der Waals surface area (Å²) in [6, 6.07) is 10.7. The molecule has 1 aromatic heterocycles. The predicted molar refractivity (Wildman–Crippen MR) is 87.1 cm³/mol. The van der Waals surface area contributed by atoms with Gasteiger partial charge in [0.15, 0.2) is 5.75 Å². The highest BCUT2D eigenvalue weighted by molar-refractivity contribution is 9.10. The number of benzene rings is 2. The van der Waals surface area contributed by atoms with Crippen molar-refractivity contribution in [3.8, 4) is 17.1 Å². The predicted octanol–water partition coefficient (Wildman–Crippen LogP) is 4.01. The van der Waals surface area contributed by atoms with Crippen LogP contribution in [0.5, 0.6) is 5.75 Å². The molecule has 0 saturated carbocycles. The number of H-pyrrole nitrogens is 1. The molecule has 0 unspecified atom stereocenters. The maximum atomic E-state index is 12.1. The summed E-state index contributed by atoms with van der Waals surface area (Å²) >= 11 is 9.56. The molecule has 1 N–H and O–H groups in total. The van der Waals surface area contributed by atoms with Crippen LogP contribution in [-0.4, -0.2) is 17.1 Å². The van der Waals surface area contributed by atoms with Crippen LogP contribution in [0.25, 0.3) is 22.3 Å². The third kappa shape index (κ3) is 2.54. The van der Waals surface area contributed by atoms with E-state index in [1.54, 1.807) is 37.4 Å². The van der Waals surface area contributed by atoms with Crippen molar-refractivity contribution in [2.45, 2.75) is 0 Å². The number of hydrogen-bond acceptors (Lipinski definition) is 3. The molecule has 0 amide bonds. The SMILES string of the molecule is COc1c(Cl)cc(-c2nc3ccccc3c(=O)[nH]2)cc1Br. The molecular weight excluding hydrogens is 356 g/mol. The maximum Gasteiger partial charge on any atom is 0.259 e. The van der Waals surface area contributed by atoms with Gasteiger partial charge in [-0.05, 0) is 40.2 Å². The number of aromatic amines is 1. The van der Waals surface area contributed by atoms with Gasteiger partial charge < -0.3 is 9.72 Å². The summed E-state index contributed by atoms with van der Waals surface area (Å²) < 4.78 is 5.89. The van der Waals surface area contributed by atoms with Crippen LogP contribution in [0.1, 0.15) is 0 Å². The summed E-state index contributed by atoms with van der Waals surface area (Å²) in [5, 5.41) is 0.998. The minimum Gasteiger partial charge on any atom is -0.494 e. The fraction of sp³-hybridized carbons (Fsp3) is 0.0667. The van der Waals surface area contributed by atoms with E-state index in [0.29, 0.717) is 37.5 Å². The van der Waals surface area contributed by atoms with Gasteiger partial charge >= 0.3 is 0 Å². The third-order valence-corrected chi connectivity index (χ3v) is 3.96. The molecular formula is C15H10BrClN2O2. The van der Waals surface area contributed by atoms with E-state index in [1.807, 2.05) is 6.07 Å². The second-order valence-electron chi connectivity index (χ2n) is 4.40. The fourth-order valence-corrected chi connectivity index (χ4v) is 3.15. The molecule has 0 radical (unpaired) electrons. The smallest absolute Gasteiger partial charge is 0.259 e. The van der Waals surface area contributed by atoms with Crippen molar-refractivity contribution < 1.29 is 4.74 Å². The van der Waals surface area contributed by atoms with Crippen molar-refractivity contribution in [3.63, 3.8) is 0 Å². The molecule has 21 heavy (non-hydrogen) atoms. The minimum atomic E-state index is -0.182. The molecule has 3 rings (SSSR count). The van der Waals surface area contributed by atoms with E-state index in [0.717, 1.165) is 0 Å². The minimum absolute atomic E-state index is 0.182. The van der Waals surface area contributed by atoms with Gasteiger partial charge in [-0.15, -0.1) is 0 Å². The number of aromatic nitrogens is 2. The highest BCUT2D eigenvalue weighted by Gasteiger charge is 2.12. The second-order valence-corrected chi connectivity index (χ2v) is 5.67. The zero-order valence-electron chi connectivity index (χ0n) is 11.0. The average molecular weight is 366 g/mol. The van der Waals surface area contributed by atoms with Crippen LogP contribution in [0.3, 0.4) is 0 Å². The quantitative estimate of drug-likeness (QED) is 0.746. The lowest BCUT2D eigenvalue weighted by atomic mass is 10.2. The Hall–Kier alpha value is -1.85. The van der Waals surface area contributed by atoms with E-state index in [-0.39, 0.29) is 5.56 Å². The van der Waals surface area contributed by atoms with Crippen LogP contribution in [0.15, 0.2) is 45.7 Å². The van der Waals surface area contributed by atoms with Gasteiger partial charge in [-0.1, -0.05) is 23.7 Å². The van der Waals surface area contributed by atoms with Crippen molar-refractivity contribution in [1.29, 1.82) is 0 Å². The topological polar surface area (TPSA) is 55.0 Å². The normalized spacial score (nSPS) is 10.8. The Labute approximate surface area is 133 Å². The number of methoxy groups -OCH3 is 1. The molecule has 4 nitrogen and oxygen atoms in total. The van der Waals surface area contributed by atoms with Gasteiger partial charge in [0.2, 0.25) is 0 Å². The Balaban J connectivity index is 2.23. The molecule has 106 valence electrons. The third-order valence-electron chi connectivity index (χ3n) is 3.09. The molecule has 0 fully saturated rings. The summed E-state index contributed by atoms with van der Waals surface area (Å²) in [6.07, 6.45) is 0. The highest BCUT2D eigenvalue weighted by atomic mass is 79.9. The molecule has 0 aliphatic carbocycles. The first-order valence-electron chi connectivity index (χ1n) is 6.12. The van der Waals surface area contributed by atoms with E-state index in [2.05, 4.69) is 25.9 Å². The average Bonchev–Trinajstić information content (AvgIpc) is 2.47. The van der Waals surface area contributed by atoms with Gasteiger partial charge in [-0.3, -0.25) is 4.79 Å². The molecule has 6 heteroatoms. The van der Waals surface area contributed by atoms with Gasteiger partial charge in [0, 0.05) is 5.56 Å². The van der Waals surface area contributed by atoms with Crippen LogP contribution in [-0.2, 0) is 0 Å². The molecule has 0 aliphatic heterocycles. The number of ether oxygens (including phenoxy) is 1. The first kappa shape index (κ1) is 14.1. The molecule has 0 spiro atoms. The molecule has 0 saturated heterocycles. The van der Waals surface area contributed by atoms with Crippen molar-refractivity contribution in [3.05, 3.63) is 56.2 Å². The molecule has 1 heterocycles. The van der Waals surface area contributed by atoms with Gasteiger partial charge in [0.05, 0.1) is 27.5 Å². The Kier molecular flexibility index (Phi) is 3.69. The van der Waals surface area contributed by atoms with Gasteiger partial charge in [0.25, 0.3) is 5.56 Å². The van der Waals surface area contributed by atoms with Crippen LogP contribution >= 0.6 is 27.5 Å². The number of fused-ring (bicyclic) bond motifs is 1. The van der Waals surface area contributed by atoms with Crippen molar-refractivity contribution in [1.82, 2.24) is 9.97 Å². The Morgan fingerprint density at radius 3 is 2.76 bits per heavy atom. The number of hydrogen-bond donors (Lipinski definition) is 1. The number of halogens is 2. The van der Waals surface area contributed by atoms with E-state index in [9.17, 15) is 4.79 Å². The summed E-state index contributed by atoms with van der Waals surface area (Å²) in [6.45, 7) is 0. The summed E-state index contributed by atoms with van der Waals surface area (Å²) in [7, 11) is 1.54. The monoisotopic (exact) mass is 364 g/mol. The summed E-state index contributed by atoms with van der Waals surface area (Å²) in [4.78, 5) is 19.3. The lowest BCUT2D eigenvalue weighted by Crippen LogP contribution is -2.09. The fourth-order valence-electron chi connectivity index (χ4n) is 2.11. The number of nitrogens with one attached hydrogen (secondary N) is 1. The largest absolute Gasteiger partial charge is 0.494 e. The van der Waals surface area contributed by atoms with Gasteiger partial charge in [-0.2, -0.15) is 0 Å². The number of para-hydroxylation sites is 1. The first-order valence-corrected chi connectivity index (χ1v) is 7.29. The molecule has 0 bridgehead atoms. The maximum absolute atomic E-state index is 12.1. The molecule has 2 aromatic carbocycles. The van der Waals surface area contributed by atoms with Crippen molar-refractivity contribution in [2.24, 2.45) is 0 Å². The lowest BCUT2D eigenvalue weighted by molar-refractivity contribution is 0.412. The van der Waals surface area contributed by atoms with E-state index in [4.69, 9.17) is 16.3 Å². The van der Waals surface area contributed by atoms with E-state index < -0.39 is 0 Å². The van der Waals surface area contributed by atoms with Crippen molar-refractivity contribution in [2.75, 3.05) is 7.11 Å². The summed E-state index contributed by atoms with van der Waals surface area (Å²) in [5.41, 5.74) is 1.16. The number of nitrogens with zero attached hydrogens (tertiary/aromatic N) is 1. The van der Waals surface area contributed by atoms with Crippen LogP contribution in [0.4, 0.5) is 0 Å². The van der Waals surface area contributed by atoms with Crippen molar-refractivity contribution >= 4 is 38.4 Å². The van der Waals surface area contributed by atoms with Crippen LogP contribution in [0, 0.1) is 0 Å². The molecule has 0 aliphatic rings. The first-order chi connectivity index (χ1) is 10.1. The Morgan fingerprint density at radius 1 is 1.29 bits per heavy atom. The van der Waals surface area contributed by atoms with Gasteiger partial charge in [0.1, 0.15) is 5.82 Å². The Morgan fingerprint density at radius 2 is 2.05 bits per heavy atom. The molecule has 0 atom stereocenters. The lowest BCUT2D eigenvalue weighted by Gasteiger charge is -2.09. The highest BCUT2D eigenvalue weighted by Crippen LogP contribution is 2.36. The zero-order chi connectivity index (χ0) is 15.0. The Bertz CT molecular complexity index is 869. The van der Waals surface area contributed by atoms with E-state index in [1.165, 1.54) is 0 Å². The van der Waals surface area contributed by atoms with Crippen LogP contribution < -0.4 is 10.3 Å². The number of rotatable bonds is 2.